The molecular weight excluding hydrogens is 178 g/mol. The van der Waals surface area contributed by atoms with Crippen molar-refractivity contribution in [3.8, 4) is 0 Å². The number of allylic oxidation sites excluding steroid dienone is 1. The number of hydrogen-bond acceptors (Lipinski definition) is 4. The van der Waals surface area contributed by atoms with E-state index in [-0.39, 0.29) is 6.10 Å². The molecule has 0 saturated heterocycles. The standard InChI is InChI=1S/C10H13N3O/c1-2-6-14-9(3-1)7-12-10-4-5-11-8-13-10/h2,4-6,8-9H,1,3,7H2,(H,11,12,13). The average molecular weight is 191 g/mol. The van der Waals surface area contributed by atoms with Crippen molar-refractivity contribution in [2.24, 2.45) is 0 Å². The number of nitrogens with zero attached hydrogens (tertiary/aromatic N) is 2. The van der Waals surface area contributed by atoms with Crippen LogP contribution in [0.15, 0.2) is 30.9 Å². The molecule has 0 fully saturated rings. The van der Waals surface area contributed by atoms with E-state index in [1.165, 1.54) is 6.33 Å². The van der Waals surface area contributed by atoms with Crippen molar-refractivity contribution in [1.82, 2.24) is 9.97 Å². The molecule has 0 amide bonds. The van der Waals surface area contributed by atoms with Crippen LogP contribution in [0.4, 0.5) is 5.82 Å². The molecule has 2 rings (SSSR count). The summed E-state index contributed by atoms with van der Waals surface area (Å²) in [5.41, 5.74) is 0. The molecule has 0 saturated carbocycles. The van der Waals surface area contributed by atoms with E-state index >= 15 is 0 Å². The molecule has 1 unspecified atom stereocenters. The smallest absolute Gasteiger partial charge is 0.129 e. The largest absolute Gasteiger partial charge is 0.497 e. The van der Waals surface area contributed by atoms with Crippen molar-refractivity contribution in [3.63, 3.8) is 0 Å². The molecule has 1 aliphatic heterocycles. The van der Waals surface area contributed by atoms with Crippen molar-refractivity contribution in [3.05, 3.63) is 30.9 Å². The summed E-state index contributed by atoms with van der Waals surface area (Å²) in [6, 6.07) is 1.85. The van der Waals surface area contributed by atoms with Crippen LogP contribution in [0.2, 0.25) is 0 Å². The van der Waals surface area contributed by atoms with Crippen LogP contribution in [-0.4, -0.2) is 22.6 Å². The van der Waals surface area contributed by atoms with Gasteiger partial charge in [-0.3, -0.25) is 0 Å². The van der Waals surface area contributed by atoms with E-state index < -0.39 is 0 Å². The summed E-state index contributed by atoms with van der Waals surface area (Å²) in [7, 11) is 0. The Labute approximate surface area is 83.0 Å². The summed E-state index contributed by atoms with van der Waals surface area (Å²) in [4.78, 5) is 7.91. The number of ether oxygens (including phenoxy) is 1. The minimum Gasteiger partial charge on any atom is -0.497 e. The van der Waals surface area contributed by atoms with Crippen molar-refractivity contribution in [1.29, 1.82) is 0 Å². The molecule has 2 heterocycles. The second-order valence-electron chi connectivity index (χ2n) is 3.18. The molecule has 0 aromatic carbocycles. The lowest BCUT2D eigenvalue weighted by molar-refractivity contribution is 0.135. The van der Waals surface area contributed by atoms with Gasteiger partial charge in [-0.05, 0) is 25.0 Å². The van der Waals surface area contributed by atoms with E-state index in [1.807, 2.05) is 12.1 Å². The van der Waals surface area contributed by atoms with Gasteiger partial charge in [0.05, 0.1) is 12.8 Å². The van der Waals surface area contributed by atoms with Gasteiger partial charge in [0.15, 0.2) is 0 Å². The van der Waals surface area contributed by atoms with Gasteiger partial charge in [-0.1, -0.05) is 0 Å². The highest BCUT2D eigenvalue weighted by Gasteiger charge is 2.10. The highest BCUT2D eigenvalue weighted by Crippen LogP contribution is 2.10. The van der Waals surface area contributed by atoms with Crippen LogP contribution in [0, 0.1) is 0 Å². The summed E-state index contributed by atoms with van der Waals surface area (Å²) in [5, 5.41) is 3.20. The van der Waals surface area contributed by atoms with Crippen molar-refractivity contribution < 1.29 is 4.74 Å². The maximum Gasteiger partial charge on any atom is 0.129 e. The molecule has 74 valence electrons. The molecule has 14 heavy (non-hydrogen) atoms. The zero-order chi connectivity index (χ0) is 9.64. The predicted octanol–water partition coefficient (Wildman–Crippen LogP) is 1.58. The average Bonchev–Trinajstić information content (AvgIpc) is 2.29. The van der Waals surface area contributed by atoms with E-state index in [0.29, 0.717) is 0 Å². The molecule has 1 aliphatic rings. The van der Waals surface area contributed by atoms with E-state index in [4.69, 9.17) is 4.74 Å². The fraction of sp³-hybridized carbons (Fsp3) is 0.400. The summed E-state index contributed by atoms with van der Waals surface area (Å²) in [5.74, 6) is 0.846. The molecule has 0 bridgehead atoms. The molecule has 0 spiro atoms. The monoisotopic (exact) mass is 191 g/mol. The SMILES string of the molecule is C1=COC(CNc2ccncn2)CC1. The maximum atomic E-state index is 5.41. The first-order valence-electron chi connectivity index (χ1n) is 4.75. The van der Waals surface area contributed by atoms with Gasteiger partial charge in [0.25, 0.3) is 0 Å². The Kier molecular flexibility index (Phi) is 2.95. The van der Waals surface area contributed by atoms with Gasteiger partial charge < -0.3 is 10.1 Å². The minimum atomic E-state index is 0.259. The Bertz CT molecular complexity index is 299. The third-order valence-corrected chi connectivity index (χ3v) is 2.12. The van der Waals surface area contributed by atoms with Crippen LogP contribution < -0.4 is 5.32 Å². The Hall–Kier alpha value is -1.58. The zero-order valence-corrected chi connectivity index (χ0v) is 7.89. The van der Waals surface area contributed by atoms with E-state index in [9.17, 15) is 0 Å². The third-order valence-electron chi connectivity index (χ3n) is 2.12. The van der Waals surface area contributed by atoms with Gasteiger partial charge in [-0.25, -0.2) is 9.97 Å². The number of rotatable bonds is 3. The zero-order valence-electron chi connectivity index (χ0n) is 7.89. The molecular formula is C10H13N3O. The Morgan fingerprint density at radius 3 is 3.29 bits per heavy atom. The van der Waals surface area contributed by atoms with Gasteiger partial charge >= 0.3 is 0 Å². The van der Waals surface area contributed by atoms with Gasteiger partial charge in [0.1, 0.15) is 18.2 Å². The normalized spacial score (nSPS) is 20.1. The van der Waals surface area contributed by atoms with Crippen LogP contribution >= 0.6 is 0 Å². The summed E-state index contributed by atoms with van der Waals surface area (Å²) in [6.07, 6.45) is 9.48. The molecule has 0 aliphatic carbocycles. The molecule has 1 atom stereocenters. The quantitative estimate of drug-likeness (QED) is 0.788. The molecule has 0 radical (unpaired) electrons. The molecule has 4 nitrogen and oxygen atoms in total. The number of hydrogen-bond donors (Lipinski definition) is 1. The van der Waals surface area contributed by atoms with E-state index in [0.717, 1.165) is 25.2 Å². The molecule has 1 N–H and O–H groups in total. The number of aromatic nitrogens is 2. The van der Waals surface area contributed by atoms with Gasteiger partial charge in [0, 0.05) is 6.20 Å². The minimum absolute atomic E-state index is 0.259. The number of nitrogens with one attached hydrogen (secondary N) is 1. The third kappa shape index (κ3) is 2.45. The summed E-state index contributed by atoms with van der Waals surface area (Å²) < 4.78 is 5.41. The van der Waals surface area contributed by atoms with Crippen LogP contribution in [0.5, 0.6) is 0 Å². The predicted molar refractivity (Wildman–Crippen MR) is 53.8 cm³/mol. The van der Waals surface area contributed by atoms with Crippen molar-refractivity contribution >= 4 is 5.82 Å². The lowest BCUT2D eigenvalue weighted by Gasteiger charge is -2.19. The van der Waals surface area contributed by atoms with E-state index in [2.05, 4.69) is 15.3 Å². The first-order valence-corrected chi connectivity index (χ1v) is 4.75. The van der Waals surface area contributed by atoms with E-state index in [1.54, 1.807) is 12.5 Å². The van der Waals surface area contributed by atoms with Crippen LogP contribution in [0.1, 0.15) is 12.8 Å². The lowest BCUT2D eigenvalue weighted by Crippen LogP contribution is -2.23. The first-order chi connectivity index (χ1) is 6.95. The molecule has 4 heteroatoms. The highest BCUT2D eigenvalue weighted by molar-refractivity contribution is 5.31. The van der Waals surface area contributed by atoms with Gasteiger partial charge in [0.2, 0.25) is 0 Å². The van der Waals surface area contributed by atoms with Gasteiger partial charge in [-0.2, -0.15) is 0 Å². The fourth-order valence-electron chi connectivity index (χ4n) is 1.35. The van der Waals surface area contributed by atoms with Crippen LogP contribution in [-0.2, 0) is 4.74 Å². The Morgan fingerprint density at radius 1 is 1.57 bits per heavy atom. The Morgan fingerprint density at radius 2 is 2.57 bits per heavy atom. The molecule has 1 aromatic heterocycles. The summed E-state index contributed by atoms with van der Waals surface area (Å²) in [6.45, 7) is 0.793. The van der Waals surface area contributed by atoms with Crippen LogP contribution in [0.3, 0.4) is 0 Å². The first kappa shape index (κ1) is 8.99. The second-order valence-corrected chi connectivity index (χ2v) is 3.18. The van der Waals surface area contributed by atoms with Crippen molar-refractivity contribution in [2.45, 2.75) is 18.9 Å². The summed E-state index contributed by atoms with van der Waals surface area (Å²) >= 11 is 0. The van der Waals surface area contributed by atoms with Gasteiger partial charge in [-0.15, -0.1) is 0 Å². The lowest BCUT2D eigenvalue weighted by atomic mass is 10.1. The van der Waals surface area contributed by atoms with Crippen LogP contribution in [0.25, 0.3) is 0 Å². The fourth-order valence-corrected chi connectivity index (χ4v) is 1.35. The highest BCUT2D eigenvalue weighted by atomic mass is 16.5. The number of anilines is 1. The topological polar surface area (TPSA) is 47.0 Å². The second kappa shape index (κ2) is 4.60. The maximum absolute atomic E-state index is 5.41. The Balaban J connectivity index is 1.80. The van der Waals surface area contributed by atoms with Crippen molar-refractivity contribution in [2.75, 3.05) is 11.9 Å². The molecule has 1 aromatic rings.